The topological polar surface area (TPSA) is 59.4 Å². The van der Waals surface area contributed by atoms with Crippen LogP contribution in [-0.2, 0) is 7.05 Å². The molecule has 0 spiro atoms. The van der Waals surface area contributed by atoms with Gasteiger partial charge in [0, 0.05) is 45.6 Å². The van der Waals surface area contributed by atoms with Crippen LogP contribution >= 0.6 is 12.4 Å². The number of ether oxygens (including phenoxy) is 1. The predicted molar refractivity (Wildman–Crippen MR) is 99.6 cm³/mol. The van der Waals surface area contributed by atoms with Gasteiger partial charge in [-0.25, -0.2) is 4.98 Å². The van der Waals surface area contributed by atoms with Crippen LogP contribution in [0.15, 0.2) is 36.7 Å². The van der Waals surface area contributed by atoms with Crippen molar-refractivity contribution in [2.24, 2.45) is 7.05 Å². The van der Waals surface area contributed by atoms with E-state index in [0.717, 1.165) is 32.0 Å². The summed E-state index contributed by atoms with van der Waals surface area (Å²) in [4.78, 5) is 18.5. The average Bonchev–Trinajstić information content (AvgIpc) is 3.01. The maximum Gasteiger partial charge on any atom is 0.163 e. The number of nitrogens with one attached hydrogen (secondary N) is 1. The summed E-state index contributed by atoms with van der Waals surface area (Å²) in [5, 5.41) is 3.43. The number of hydrogen-bond acceptors (Lipinski definition) is 5. The molecule has 1 fully saturated rings. The molecule has 7 heteroatoms. The van der Waals surface area contributed by atoms with Crippen LogP contribution in [0, 0.1) is 0 Å². The van der Waals surface area contributed by atoms with E-state index in [0.29, 0.717) is 17.9 Å². The van der Waals surface area contributed by atoms with Crippen LogP contribution in [0.4, 0.5) is 0 Å². The van der Waals surface area contributed by atoms with Crippen LogP contribution in [0.2, 0.25) is 0 Å². The molecule has 0 bridgehead atoms. The Labute approximate surface area is 154 Å². The van der Waals surface area contributed by atoms with Crippen LogP contribution in [-0.4, -0.2) is 53.0 Å². The van der Waals surface area contributed by atoms with Gasteiger partial charge in [0.2, 0.25) is 0 Å². The zero-order valence-corrected chi connectivity index (χ0v) is 15.5. The molecule has 1 aliphatic rings. The minimum Gasteiger partial charge on any atom is -0.491 e. The van der Waals surface area contributed by atoms with Gasteiger partial charge in [-0.1, -0.05) is 12.1 Å². The van der Waals surface area contributed by atoms with E-state index in [9.17, 15) is 4.79 Å². The maximum absolute atomic E-state index is 11.7. The number of carbonyl (C=O) groups is 1. The number of halogens is 1. The SMILES string of the molecule is CC(=O)c1ccccc1OCCN1CCNCC1c1nccn1C.Cl. The Morgan fingerprint density at radius 2 is 2.20 bits per heavy atom. The van der Waals surface area contributed by atoms with Crippen molar-refractivity contribution in [2.45, 2.75) is 13.0 Å². The molecule has 1 atom stereocenters. The largest absolute Gasteiger partial charge is 0.491 e. The molecule has 1 aromatic heterocycles. The molecule has 0 amide bonds. The number of piperazine rings is 1. The molecule has 1 saturated heterocycles. The molecule has 136 valence electrons. The number of aromatic nitrogens is 2. The molecular weight excluding hydrogens is 340 g/mol. The minimum absolute atomic E-state index is 0. The third kappa shape index (κ3) is 4.60. The Kier molecular flexibility index (Phi) is 6.99. The second kappa shape index (κ2) is 8.99. The highest BCUT2D eigenvalue weighted by atomic mass is 35.5. The minimum atomic E-state index is 0. The Bertz CT molecular complexity index is 704. The van der Waals surface area contributed by atoms with Gasteiger partial charge in [-0.2, -0.15) is 0 Å². The molecule has 0 radical (unpaired) electrons. The fraction of sp³-hybridized carbons (Fsp3) is 0.444. The van der Waals surface area contributed by atoms with E-state index in [4.69, 9.17) is 4.74 Å². The first kappa shape index (κ1) is 19.4. The van der Waals surface area contributed by atoms with Gasteiger partial charge < -0.3 is 14.6 Å². The van der Waals surface area contributed by atoms with E-state index >= 15 is 0 Å². The van der Waals surface area contributed by atoms with E-state index in [2.05, 4.69) is 19.8 Å². The predicted octanol–water partition coefficient (Wildman–Crippen LogP) is 2.07. The lowest BCUT2D eigenvalue weighted by Crippen LogP contribution is -2.48. The summed E-state index contributed by atoms with van der Waals surface area (Å²) >= 11 is 0. The zero-order chi connectivity index (χ0) is 16.9. The first-order valence-corrected chi connectivity index (χ1v) is 8.31. The highest BCUT2D eigenvalue weighted by Gasteiger charge is 2.26. The van der Waals surface area contributed by atoms with Crippen LogP contribution in [0.3, 0.4) is 0 Å². The molecule has 1 aromatic carbocycles. The zero-order valence-electron chi connectivity index (χ0n) is 14.6. The first-order chi connectivity index (χ1) is 11.7. The molecule has 0 saturated carbocycles. The lowest BCUT2D eigenvalue weighted by Gasteiger charge is -2.35. The smallest absolute Gasteiger partial charge is 0.163 e. The Hall–Kier alpha value is -1.89. The summed E-state index contributed by atoms with van der Waals surface area (Å²) in [6.07, 6.45) is 3.81. The van der Waals surface area contributed by atoms with Crippen molar-refractivity contribution in [3.05, 3.63) is 48.0 Å². The highest BCUT2D eigenvalue weighted by molar-refractivity contribution is 5.96. The maximum atomic E-state index is 11.7. The van der Waals surface area contributed by atoms with E-state index in [1.807, 2.05) is 37.6 Å². The van der Waals surface area contributed by atoms with Gasteiger partial charge in [0.05, 0.1) is 11.6 Å². The van der Waals surface area contributed by atoms with Gasteiger partial charge >= 0.3 is 0 Å². The number of para-hydroxylation sites is 1. The van der Waals surface area contributed by atoms with Gasteiger partial charge in [0.25, 0.3) is 0 Å². The number of rotatable bonds is 6. The lowest BCUT2D eigenvalue weighted by atomic mass is 10.1. The Morgan fingerprint density at radius 1 is 1.40 bits per heavy atom. The molecule has 2 aromatic rings. The third-order valence-electron chi connectivity index (χ3n) is 4.41. The Morgan fingerprint density at radius 3 is 2.92 bits per heavy atom. The average molecular weight is 365 g/mol. The van der Waals surface area contributed by atoms with Crippen molar-refractivity contribution in [1.29, 1.82) is 0 Å². The third-order valence-corrected chi connectivity index (χ3v) is 4.41. The Balaban J connectivity index is 0.00000225. The van der Waals surface area contributed by atoms with Crippen LogP contribution in [0.25, 0.3) is 0 Å². The lowest BCUT2D eigenvalue weighted by molar-refractivity contribution is 0.100. The van der Waals surface area contributed by atoms with E-state index < -0.39 is 0 Å². The molecule has 1 unspecified atom stereocenters. The number of imidazole rings is 1. The summed E-state index contributed by atoms with van der Waals surface area (Å²) < 4.78 is 7.95. The molecule has 1 aliphatic heterocycles. The van der Waals surface area contributed by atoms with E-state index in [1.165, 1.54) is 0 Å². The molecule has 3 rings (SSSR count). The van der Waals surface area contributed by atoms with Crippen molar-refractivity contribution in [1.82, 2.24) is 19.8 Å². The fourth-order valence-corrected chi connectivity index (χ4v) is 3.12. The van der Waals surface area contributed by atoms with Crippen molar-refractivity contribution < 1.29 is 9.53 Å². The van der Waals surface area contributed by atoms with Crippen molar-refractivity contribution in [3.63, 3.8) is 0 Å². The highest BCUT2D eigenvalue weighted by Crippen LogP contribution is 2.21. The summed E-state index contributed by atoms with van der Waals surface area (Å²) in [7, 11) is 2.02. The summed E-state index contributed by atoms with van der Waals surface area (Å²) in [5.41, 5.74) is 0.637. The molecule has 25 heavy (non-hydrogen) atoms. The van der Waals surface area contributed by atoms with Crippen molar-refractivity contribution in [3.8, 4) is 5.75 Å². The van der Waals surface area contributed by atoms with Gasteiger partial charge in [0.1, 0.15) is 18.2 Å². The number of aryl methyl sites for hydroxylation is 1. The molecular formula is C18H25ClN4O2. The van der Waals surface area contributed by atoms with Gasteiger partial charge in [-0.15, -0.1) is 12.4 Å². The van der Waals surface area contributed by atoms with Crippen LogP contribution < -0.4 is 10.1 Å². The quantitative estimate of drug-likeness (QED) is 0.795. The molecule has 0 aliphatic carbocycles. The number of nitrogens with zero attached hydrogens (tertiary/aromatic N) is 3. The molecule has 2 heterocycles. The number of Topliss-reactive ketones (excluding diaryl/α,β-unsaturated/α-hetero) is 1. The van der Waals surface area contributed by atoms with Crippen LogP contribution in [0.1, 0.15) is 29.1 Å². The van der Waals surface area contributed by atoms with Gasteiger partial charge in [0.15, 0.2) is 5.78 Å². The fourth-order valence-electron chi connectivity index (χ4n) is 3.12. The second-order valence-electron chi connectivity index (χ2n) is 6.05. The van der Waals surface area contributed by atoms with Gasteiger partial charge in [-0.3, -0.25) is 9.69 Å². The number of hydrogen-bond donors (Lipinski definition) is 1. The monoisotopic (exact) mass is 364 g/mol. The number of carbonyl (C=O) groups excluding carboxylic acids is 1. The molecule has 1 N–H and O–H groups in total. The standard InChI is InChI=1S/C18H24N4O2.ClH/c1-14(23)15-5-3-4-6-17(15)24-12-11-22-10-7-19-13-16(22)18-20-8-9-21(18)2;/h3-6,8-9,16,19H,7,10-13H2,1-2H3;1H. The second-order valence-corrected chi connectivity index (χ2v) is 6.05. The van der Waals surface area contributed by atoms with E-state index in [-0.39, 0.29) is 24.2 Å². The van der Waals surface area contributed by atoms with Crippen LogP contribution in [0.5, 0.6) is 5.75 Å². The number of ketones is 1. The van der Waals surface area contributed by atoms with E-state index in [1.54, 1.807) is 13.0 Å². The molecule has 6 nitrogen and oxygen atoms in total. The van der Waals surface area contributed by atoms with Crippen molar-refractivity contribution >= 4 is 18.2 Å². The van der Waals surface area contributed by atoms with Crippen molar-refractivity contribution in [2.75, 3.05) is 32.8 Å². The summed E-state index contributed by atoms with van der Waals surface area (Å²) in [5.74, 6) is 1.75. The summed E-state index contributed by atoms with van der Waals surface area (Å²) in [6.45, 7) is 5.71. The number of benzene rings is 1. The normalized spacial score (nSPS) is 17.8. The van der Waals surface area contributed by atoms with Gasteiger partial charge in [-0.05, 0) is 19.1 Å². The first-order valence-electron chi connectivity index (χ1n) is 8.31. The summed E-state index contributed by atoms with van der Waals surface area (Å²) in [6, 6.07) is 7.65.